The van der Waals surface area contributed by atoms with E-state index in [1.807, 2.05) is 20.2 Å². The van der Waals surface area contributed by atoms with Crippen molar-refractivity contribution in [2.45, 2.75) is 26.4 Å². The monoisotopic (exact) mass is 199 g/mol. The fourth-order valence-electron chi connectivity index (χ4n) is 1.00. The molecule has 0 aliphatic rings. The van der Waals surface area contributed by atoms with Gasteiger partial charge in [0, 0.05) is 30.2 Å². The molecule has 1 rings (SSSR count). The molecule has 0 fully saturated rings. The number of thiazole rings is 1. The Balaban J connectivity index is 2.20. The van der Waals surface area contributed by atoms with Crippen LogP contribution < -0.4 is 10.6 Å². The summed E-state index contributed by atoms with van der Waals surface area (Å²) in [5.74, 6) is 0. The third-order valence-electron chi connectivity index (χ3n) is 1.91. The average Bonchev–Trinajstić information content (AvgIpc) is 2.51. The van der Waals surface area contributed by atoms with Crippen LogP contribution >= 0.6 is 11.3 Å². The van der Waals surface area contributed by atoms with Crippen molar-refractivity contribution in [3.63, 3.8) is 0 Å². The molecular weight excluding hydrogens is 182 g/mol. The van der Waals surface area contributed by atoms with Gasteiger partial charge in [-0.2, -0.15) is 0 Å². The molecule has 0 saturated carbocycles. The van der Waals surface area contributed by atoms with Crippen molar-refractivity contribution in [2.75, 3.05) is 13.6 Å². The van der Waals surface area contributed by atoms with Gasteiger partial charge in [0.05, 0.1) is 5.01 Å². The first-order chi connectivity index (χ1) is 6.22. The van der Waals surface area contributed by atoms with Gasteiger partial charge in [-0.3, -0.25) is 0 Å². The molecule has 0 spiro atoms. The van der Waals surface area contributed by atoms with E-state index in [4.69, 9.17) is 0 Å². The minimum Gasteiger partial charge on any atom is -0.316 e. The maximum absolute atomic E-state index is 4.20. The van der Waals surface area contributed by atoms with Gasteiger partial charge in [0.1, 0.15) is 0 Å². The zero-order chi connectivity index (χ0) is 9.68. The Bertz CT molecular complexity index is 247. The Hall–Kier alpha value is -0.450. The van der Waals surface area contributed by atoms with Gasteiger partial charge in [-0.05, 0) is 20.9 Å². The number of rotatable bonds is 5. The molecule has 0 saturated heterocycles. The number of aryl methyl sites for hydroxylation is 1. The molecule has 0 aliphatic carbocycles. The molecule has 3 nitrogen and oxygen atoms in total. The molecule has 0 aromatic carbocycles. The second kappa shape index (κ2) is 5.32. The minimum atomic E-state index is 0.522. The Morgan fingerprint density at radius 3 is 2.92 bits per heavy atom. The Labute approximate surface area is 83.6 Å². The lowest BCUT2D eigenvalue weighted by Gasteiger charge is -2.09. The zero-order valence-corrected chi connectivity index (χ0v) is 9.24. The summed E-state index contributed by atoms with van der Waals surface area (Å²) in [6, 6.07) is 0.522. The van der Waals surface area contributed by atoms with Crippen LogP contribution in [0.25, 0.3) is 0 Å². The lowest BCUT2D eigenvalue weighted by atomic mass is 10.3. The lowest BCUT2D eigenvalue weighted by molar-refractivity contribution is 0.542. The average molecular weight is 199 g/mol. The molecule has 4 heteroatoms. The standard InChI is InChI=1S/C9H17N3S/c1-7(10-3)4-11-5-9-6-12-8(2)13-9/h6-7,10-11H,4-5H2,1-3H3. The van der Waals surface area contributed by atoms with E-state index in [0.717, 1.165) is 18.1 Å². The van der Waals surface area contributed by atoms with Gasteiger partial charge >= 0.3 is 0 Å². The van der Waals surface area contributed by atoms with Crippen molar-refractivity contribution >= 4 is 11.3 Å². The number of hydrogen-bond donors (Lipinski definition) is 2. The minimum absolute atomic E-state index is 0.522. The first kappa shape index (κ1) is 10.6. The topological polar surface area (TPSA) is 37.0 Å². The van der Waals surface area contributed by atoms with E-state index in [1.54, 1.807) is 11.3 Å². The van der Waals surface area contributed by atoms with Crippen LogP contribution in [-0.2, 0) is 6.54 Å². The number of nitrogens with one attached hydrogen (secondary N) is 2. The summed E-state index contributed by atoms with van der Waals surface area (Å²) in [4.78, 5) is 5.50. The van der Waals surface area contributed by atoms with Crippen LogP contribution in [0, 0.1) is 6.92 Å². The van der Waals surface area contributed by atoms with Gasteiger partial charge in [-0.25, -0.2) is 4.98 Å². The maximum Gasteiger partial charge on any atom is 0.0897 e. The smallest absolute Gasteiger partial charge is 0.0897 e. The Morgan fingerprint density at radius 2 is 2.38 bits per heavy atom. The van der Waals surface area contributed by atoms with Gasteiger partial charge in [0.15, 0.2) is 0 Å². The lowest BCUT2D eigenvalue weighted by Crippen LogP contribution is -2.33. The first-order valence-electron chi connectivity index (χ1n) is 4.51. The van der Waals surface area contributed by atoms with Crippen molar-refractivity contribution < 1.29 is 0 Å². The number of aromatic nitrogens is 1. The van der Waals surface area contributed by atoms with E-state index in [-0.39, 0.29) is 0 Å². The second-order valence-corrected chi connectivity index (χ2v) is 4.49. The molecule has 13 heavy (non-hydrogen) atoms. The summed E-state index contributed by atoms with van der Waals surface area (Å²) in [6.07, 6.45) is 1.94. The van der Waals surface area contributed by atoms with E-state index >= 15 is 0 Å². The molecular formula is C9H17N3S. The quantitative estimate of drug-likeness (QED) is 0.747. The van der Waals surface area contributed by atoms with Crippen molar-refractivity contribution in [1.82, 2.24) is 15.6 Å². The molecule has 0 aliphatic heterocycles. The van der Waals surface area contributed by atoms with E-state index in [1.165, 1.54) is 4.88 Å². The predicted octanol–water partition coefficient (Wildman–Crippen LogP) is 1.15. The van der Waals surface area contributed by atoms with Crippen LogP contribution in [0.15, 0.2) is 6.20 Å². The molecule has 1 aromatic rings. The maximum atomic E-state index is 4.20. The summed E-state index contributed by atoms with van der Waals surface area (Å²) >= 11 is 1.75. The van der Waals surface area contributed by atoms with Gasteiger partial charge in [0.25, 0.3) is 0 Å². The molecule has 0 amide bonds. The summed E-state index contributed by atoms with van der Waals surface area (Å²) in [6.45, 7) is 6.11. The van der Waals surface area contributed by atoms with Gasteiger partial charge in [-0.15, -0.1) is 11.3 Å². The Kier molecular flexibility index (Phi) is 4.35. The third-order valence-corrected chi connectivity index (χ3v) is 2.82. The van der Waals surface area contributed by atoms with Crippen molar-refractivity contribution in [3.05, 3.63) is 16.1 Å². The van der Waals surface area contributed by atoms with E-state index in [2.05, 4.69) is 22.5 Å². The summed E-state index contributed by atoms with van der Waals surface area (Å²) in [5, 5.41) is 7.69. The molecule has 1 aromatic heterocycles. The molecule has 0 radical (unpaired) electrons. The van der Waals surface area contributed by atoms with E-state index in [0.29, 0.717) is 6.04 Å². The van der Waals surface area contributed by atoms with Crippen molar-refractivity contribution in [2.24, 2.45) is 0 Å². The molecule has 1 atom stereocenters. The van der Waals surface area contributed by atoms with Crippen LogP contribution in [0.1, 0.15) is 16.8 Å². The van der Waals surface area contributed by atoms with Crippen molar-refractivity contribution in [3.8, 4) is 0 Å². The van der Waals surface area contributed by atoms with Crippen LogP contribution in [0.5, 0.6) is 0 Å². The van der Waals surface area contributed by atoms with Crippen LogP contribution in [0.2, 0.25) is 0 Å². The normalized spacial score (nSPS) is 13.2. The SMILES string of the molecule is CNC(C)CNCc1cnc(C)s1. The summed E-state index contributed by atoms with van der Waals surface area (Å²) < 4.78 is 0. The number of hydrogen-bond acceptors (Lipinski definition) is 4. The highest BCUT2D eigenvalue weighted by Crippen LogP contribution is 2.10. The summed E-state index contributed by atoms with van der Waals surface area (Å²) in [7, 11) is 1.98. The Morgan fingerprint density at radius 1 is 1.62 bits per heavy atom. The highest BCUT2D eigenvalue weighted by Gasteiger charge is 1.99. The fraction of sp³-hybridized carbons (Fsp3) is 0.667. The number of nitrogens with zero attached hydrogens (tertiary/aromatic N) is 1. The number of likely N-dealkylation sites (N-methyl/N-ethyl adjacent to an activating group) is 1. The second-order valence-electron chi connectivity index (χ2n) is 3.17. The zero-order valence-electron chi connectivity index (χ0n) is 8.42. The molecule has 74 valence electrons. The molecule has 2 N–H and O–H groups in total. The molecule has 0 bridgehead atoms. The van der Waals surface area contributed by atoms with Gasteiger partial charge in [-0.1, -0.05) is 0 Å². The largest absolute Gasteiger partial charge is 0.316 e. The van der Waals surface area contributed by atoms with Crippen LogP contribution in [-0.4, -0.2) is 24.6 Å². The van der Waals surface area contributed by atoms with E-state index in [9.17, 15) is 0 Å². The highest BCUT2D eigenvalue weighted by molar-refractivity contribution is 7.11. The van der Waals surface area contributed by atoms with Gasteiger partial charge in [0.2, 0.25) is 0 Å². The summed E-state index contributed by atoms with van der Waals surface area (Å²) in [5.41, 5.74) is 0. The van der Waals surface area contributed by atoms with Gasteiger partial charge < -0.3 is 10.6 Å². The highest BCUT2D eigenvalue weighted by atomic mass is 32.1. The van der Waals surface area contributed by atoms with Crippen LogP contribution in [0.3, 0.4) is 0 Å². The van der Waals surface area contributed by atoms with Crippen LogP contribution in [0.4, 0.5) is 0 Å². The molecule has 1 unspecified atom stereocenters. The predicted molar refractivity (Wildman–Crippen MR) is 57.1 cm³/mol. The first-order valence-corrected chi connectivity index (χ1v) is 5.33. The molecule has 1 heterocycles. The van der Waals surface area contributed by atoms with E-state index < -0.39 is 0 Å². The van der Waals surface area contributed by atoms with Crippen molar-refractivity contribution in [1.29, 1.82) is 0 Å². The fourth-order valence-corrected chi connectivity index (χ4v) is 1.77. The third kappa shape index (κ3) is 3.85.